The van der Waals surface area contributed by atoms with Crippen LogP contribution in [0.5, 0.6) is 0 Å². The van der Waals surface area contributed by atoms with Crippen LogP contribution in [0.3, 0.4) is 0 Å². The van der Waals surface area contributed by atoms with E-state index < -0.39 is 10.7 Å². The fourth-order valence-corrected chi connectivity index (χ4v) is 1.37. The van der Waals surface area contributed by atoms with Crippen LogP contribution >= 0.6 is 24.0 Å². The first-order chi connectivity index (χ1) is 3.57. The number of carboxylic acid groups (broad SMARTS) is 1. The highest BCUT2D eigenvalue weighted by molar-refractivity contribution is 8.36. The minimum atomic E-state index is -0.826. The molecule has 0 bridgehead atoms. The summed E-state index contributed by atoms with van der Waals surface area (Å²) >= 11 is 5.88. The van der Waals surface area contributed by atoms with Gasteiger partial charge in [0.1, 0.15) is 0 Å². The molecule has 0 aromatic carbocycles. The molecule has 8 heavy (non-hydrogen) atoms. The van der Waals surface area contributed by atoms with Gasteiger partial charge in [0, 0.05) is 0 Å². The topological polar surface area (TPSA) is 37.3 Å². The lowest BCUT2D eigenvalue weighted by molar-refractivity contribution is -0.137. The highest BCUT2D eigenvalue weighted by atomic mass is 32.2. The first-order valence-electron chi connectivity index (χ1n) is 2.04. The normalized spacial score (nSPS) is 34.9. The van der Waals surface area contributed by atoms with Crippen LogP contribution in [0, 0.1) is 0 Å². The number of hydrogen-bond donors (Lipinski definition) is 1. The van der Waals surface area contributed by atoms with Crippen LogP contribution in [0.1, 0.15) is 6.92 Å². The molecular formula is C4H4O2S2. The Balaban J connectivity index is 2.73. The SMILES string of the molecule is CC1(C(=O)O)SC1=S. The second-order valence-corrected chi connectivity index (χ2v) is 3.82. The maximum Gasteiger partial charge on any atom is 0.325 e. The van der Waals surface area contributed by atoms with Gasteiger partial charge in [-0.2, -0.15) is 0 Å². The number of thioether (sulfide) groups is 1. The van der Waals surface area contributed by atoms with Gasteiger partial charge in [-0.25, -0.2) is 0 Å². The standard InChI is InChI=1S/C4H4O2S2/c1-4(2(5)6)3(7)8-4/h1H3,(H,5,6). The van der Waals surface area contributed by atoms with E-state index in [1.54, 1.807) is 6.92 Å². The molecule has 1 rings (SSSR count). The molecule has 0 aromatic heterocycles. The molecule has 0 amide bonds. The highest BCUT2D eigenvalue weighted by Crippen LogP contribution is 2.47. The summed E-state index contributed by atoms with van der Waals surface area (Å²) in [6.45, 7) is 1.61. The monoisotopic (exact) mass is 148 g/mol. The van der Waals surface area contributed by atoms with Crippen LogP contribution in [0.15, 0.2) is 0 Å². The van der Waals surface area contributed by atoms with Crippen LogP contribution in [-0.4, -0.2) is 20.0 Å². The van der Waals surface area contributed by atoms with E-state index >= 15 is 0 Å². The molecule has 1 fully saturated rings. The molecule has 0 radical (unpaired) electrons. The van der Waals surface area contributed by atoms with Crippen LogP contribution in [0.2, 0.25) is 0 Å². The van der Waals surface area contributed by atoms with E-state index in [4.69, 9.17) is 5.11 Å². The van der Waals surface area contributed by atoms with Crippen LogP contribution in [0.4, 0.5) is 0 Å². The molecule has 1 atom stereocenters. The van der Waals surface area contributed by atoms with E-state index in [1.807, 2.05) is 0 Å². The van der Waals surface area contributed by atoms with Crippen molar-refractivity contribution < 1.29 is 9.90 Å². The Kier molecular flexibility index (Phi) is 1.09. The van der Waals surface area contributed by atoms with Gasteiger partial charge in [-0.05, 0) is 6.92 Å². The van der Waals surface area contributed by atoms with Crippen molar-refractivity contribution in [1.29, 1.82) is 0 Å². The van der Waals surface area contributed by atoms with Gasteiger partial charge < -0.3 is 5.11 Å². The second-order valence-electron chi connectivity index (χ2n) is 1.73. The molecule has 1 unspecified atom stereocenters. The fraction of sp³-hybridized carbons (Fsp3) is 0.500. The Labute approximate surface area is 56.3 Å². The summed E-state index contributed by atoms with van der Waals surface area (Å²) in [5, 5.41) is 8.37. The van der Waals surface area contributed by atoms with E-state index in [0.717, 1.165) is 0 Å². The third-order valence-corrected chi connectivity index (χ3v) is 3.02. The Morgan fingerprint density at radius 3 is 2.38 bits per heavy atom. The van der Waals surface area contributed by atoms with Gasteiger partial charge in [-0.1, -0.05) is 24.0 Å². The van der Waals surface area contributed by atoms with Gasteiger partial charge in [0.05, 0.1) is 4.20 Å². The van der Waals surface area contributed by atoms with Crippen molar-refractivity contribution in [3.8, 4) is 0 Å². The third kappa shape index (κ3) is 0.641. The van der Waals surface area contributed by atoms with Gasteiger partial charge in [-0.15, -0.1) is 0 Å². The van der Waals surface area contributed by atoms with E-state index in [0.29, 0.717) is 4.20 Å². The first kappa shape index (κ1) is 6.04. The summed E-state index contributed by atoms with van der Waals surface area (Å²) in [4.78, 5) is 10.2. The largest absolute Gasteiger partial charge is 0.480 e. The van der Waals surface area contributed by atoms with Crippen LogP contribution in [-0.2, 0) is 4.79 Å². The molecule has 44 valence electrons. The molecule has 0 spiro atoms. The number of hydrogen-bond acceptors (Lipinski definition) is 3. The zero-order valence-corrected chi connectivity index (χ0v) is 5.80. The van der Waals surface area contributed by atoms with Crippen LogP contribution < -0.4 is 0 Å². The third-order valence-electron chi connectivity index (χ3n) is 1.05. The predicted octanol–water partition coefficient (Wildman–Crippen LogP) is 0.904. The summed E-state index contributed by atoms with van der Waals surface area (Å²) < 4.78 is -0.139. The van der Waals surface area contributed by atoms with Crippen molar-refractivity contribution in [2.45, 2.75) is 11.7 Å². The van der Waals surface area contributed by atoms with Crippen molar-refractivity contribution >= 4 is 34.1 Å². The van der Waals surface area contributed by atoms with Gasteiger partial charge >= 0.3 is 5.97 Å². The summed E-state index contributed by atoms with van der Waals surface area (Å²) in [5.41, 5.74) is 0. The number of thiocarbonyl (C=S) groups is 1. The predicted molar refractivity (Wildman–Crippen MR) is 36.2 cm³/mol. The summed E-state index contributed by atoms with van der Waals surface area (Å²) in [5.74, 6) is -0.826. The fourth-order valence-electron chi connectivity index (χ4n) is 0.291. The molecule has 1 saturated heterocycles. The molecule has 1 heterocycles. The molecule has 4 heteroatoms. The lowest BCUT2D eigenvalue weighted by Gasteiger charge is -1.91. The van der Waals surface area contributed by atoms with E-state index in [-0.39, 0.29) is 0 Å². The molecule has 1 aliphatic rings. The van der Waals surface area contributed by atoms with E-state index in [2.05, 4.69) is 12.2 Å². The average Bonchev–Trinajstić information content (AvgIpc) is 2.17. The number of rotatable bonds is 1. The molecule has 0 aliphatic carbocycles. The Morgan fingerprint density at radius 1 is 2.00 bits per heavy atom. The van der Waals surface area contributed by atoms with Gasteiger partial charge in [-0.3, -0.25) is 4.79 Å². The quantitative estimate of drug-likeness (QED) is 0.443. The van der Waals surface area contributed by atoms with E-state index in [9.17, 15) is 4.79 Å². The van der Waals surface area contributed by atoms with E-state index in [1.165, 1.54) is 11.8 Å². The molecule has 0 aromatic rings. The van der Waals surface area contributed by atoms with Gasteiger partial charge in [0.25, 0.3) is 0 Å². The first-order valence-corrected chi connectivity index (χ1v) is 3.26. The lowest BCUT2D eigenvalue weighted by Crippen LogP contribution is -2.18. The molecule has 0 saturated carbocycles. The zero-order valence-electron chi connectivity index (χ0n) is 4.17. The Bertz CT molecular complexity index is 165. The second kappa shape index (κ2) is 1.45. The smallest absolute Gasteiger partial charge is 0.325 e. The maximum absolute atomic E-state index is 10.2. The minimum absolute atomic E-state index is 0.588. The van der Waals surface area contributed by atoms with Crippen molar-refractivity contribution in [2.24, 2.45) is 0 Å². The molecule has 1 N–H and O–H groups in total. The van der Waals surface area contributed by atoms with Gasteiger partial charge in [0.2, 0.25) is 0 Å². The van der Waals surface area contributed by atoms with Crippen molar-refractivity contribution in [2.75, 3.05) is 0 Å². The molecule has 1 aliphatic heterocycles. The Morgan fingerprint density at radius 2 is 2.38 bits per heavy atom. The minimum Gasteiger partial charge on any atom is -0.480 e. The lowest BCUT2D eigenvalue weighted by atomic mass is 10.2. The van der Waals surface area contributed by atoms with Gasteiger partial charge in [0.15, 0.2) is 4.75 Å². The summed E-state index contributed by atoms with van der Waals surface area (Å²) in [6.07, 6.45) is 0. The zero-order chi connectivity index (χ0) is 6.36. The molecule has 2 nitrogen and oxygen atoms in total. The number of carboxylic acids is 1. The highest BCUT2D eigenvalue weighted by Gasteiger charge is 2.53. The average molecular weight is 148 g/mol. The van der Waals surface area contributed by atoms with Crippen molar-refractivity contribution in [1.82, 2.24) is 0 Å². The summed E-state index contributed by atoms with van der Waals surface area (Å²) in [7, 11) is 0. The number of aliphatic carboxylic acids is 1. The van der Waals surface area contributed by atoms with Crippen molar-refractivity contribution in [3.63, 3.8) is 0 Å². The summed E-state index contributed by atoms with van der Waals surface area (Å²) in [6, 6.07) is 0. The van der Waals surface area contributed by atoms with Crippen LogP contribution in [0.25, 0.3) is 0 Å². The Hall–Kier alpha value is -0.0900. The van der Waals surface area contributed by atoms with Crippen molar-refractivity contribution in [3.05, 3.63) is 0 Å². The number of carbonyl (C=O) groups is 1. The maximum atomic E-state index is 10.2. The molecular weight excluding hydrogens is 144 g/mol.